The van der Waals surface area contributed by atoms with Crippen molar-refractivity contribution >= 4 is 30.2 Å². The van der Waals surface area contributed by atoms with Crippen LogP contribution in [0.1, 0.15) is 17.5 Å². The van der Waals surface area contributed by atoms with Gasteiger partial charge >= 0.3 is 5.97 Å². The van der Waals surface area contributed by atoms with E-state index < -0.39 is 12.0 Å². The number of aryl methyl sites for hydroxylation is 1. The summed E-state index contributed by atoms with van der Waals surface area (Å²) in [5.41, 5.74) is 2.06. The van der Waals surface area contributed by atoms with Gasteiger partial charge in [-0.1, -0.05) is 70.1 Å². The van der Waals surface area contributed by atoms with Crippen LogP contribution in [0.15, 0.2) is 60.7 Å². The Labute approximate surface area is 152 Å². The van der Waals surface area contributed by atoms with E-state index in [1.165, 1.54) is 0 Å². The van der Waals surface area contributed by atoms with E-state index in [0.29, 0.717) is 19.3 Å². The quantitative estimate of drug-likeness (QED) is 0.661. The number of hydrogen-bond donors (Lipinski definition) is 2. The predicted molar refractivity (Wildman–Crippen MR) is 104 cm³/mol. The highest BCUT2D eigenvalue weighted by molar-refractivity contribution is 7.41. The second-order valence-corrected chi connectivity index (χ2v) is 7.03. The lowest BCUT2D eigenvalue weighted by Gasteiger charge is -2.17. The summed E-state index contributed by atoms with van der Waals surface area (Å²) in [6, 6.07) is 18.7. The number of hydrogen-bond acceptors (Lipinski definition) is 4. The molecule has 2 unspecified atom stereocenters. The van der Waals surface area contributed by atoms with Gasteiger partial charge < -0.3 is 9.84 Å². The summed E-state index contributed by atoms with van der Waals surface area (Å²) in [6.45, 7) is 0. The highest BCUT2D eigenvalue weighted by atomic mass is 31.1. The molecular formula is C18H22N2O3P2. The first-order chi connectivity index (χ1) is 12.2. The Balaban J connectivity index is 1.94. The molecular weight excluding hydrogens is 354 g/mol. The van der Waals surface area contributed by atoms with Crippen molar-refractivity contribution in [1.82, 2.24) is 10.2 Å². The Kier molecular flexibility index (Phi) is 8.54. The normalized spacial score (nSPS) is 12.0. The molecule has 0 saturated carbocycles. The highest BCUT2D eigenvalue weighted by Crippen LogP contribution is 2.13. The number of nitrogens with one attached hydrogen (secondary N) is 2. The SMILES string of the molecule is O=C(CCc1ccccc1)N[C@H](Cc1ccccc1)C(=O)OPNP. The van der Waals surface area contributed by atoms with Gasteiger partial charge in [0.1, 0.15) is 6.04 Å². The molecule has 7 heteroatoms. The monoisotopic (exact) mass is 376 g/mol. The molecule has 0 aliphatic carbocycles. The fourth-order valence-electron chi connectivity index (χ4n) is 2.36. The largest absolute Gasteiger partial charge is 0.430 e. The zero-order chi connectivity index (χ0) is 17.9. The first-order valence-electron chi connectivity index (χ1n) is 7.97. The highest BCUT2D eigenvalue weighted by Gasteiger charge is 2.22. The minimum Gasteiger partial charge on any atom is -0.430 e. The van der Waals surface area contributed by atoms with Crippen LogP contribution in [-0.4, -0.2) is 17.9 Å². The van der Waals surface area contributed by atoms with E-state index in [2.05, 4.69) is 19.6 Å². The molecule has 2 aromatic carbocycles. The van der Waals surface area contributed by atoms with Gasteiger partial charge in [0.05, 0.1) is 0 Å². The van der Waals surface area contributed by atoms with Crippen molar-refractivity contribution in [1.29, 1.82) is 0 Å². The summed E-state index contributed by atoms with van der Waals surface area (Å²) in [6.07, 6.45) is 1.36. The molecule has 2 aromatic rings. The second kappa shape index (κ2) is 10.9. The van der Waals surface area contributed by atoms with E-state index in [0.717, 1.165) is 11.1 Å². The first-order valence-corrected chi connectivity index (χ1v) is 9.46. The number of amides is 1. The molecule has 25 heavy (non-hydrogen) atoms. The number of rotatable bonds is 9. The number of carbonyl (C=O) groups excluding carboxylic acids is 2. The molecule has 3 atom stereocenters. The molecule has 0 heterocycles. The summed E-state index contributed by atoms with van der Waals surface area (Å²) in [7, 11) is 2.11. The first kappa shape index (κ1) is 19.5. The minimum atomic E-state index is -0.698. The Morgan fingerprint density at radius 3 is 2.20 bits per heavy atom. The van der Waals surface area contributed by atoms with E-state index in [1.807, 2.05) is 60.7 Å². The molecule has 0 radical (unpaired) electrons. The standard InChI is InChI=1S/C18H22N2O3P2/c21-17(12-11-14-7-3-1-4-8-14)19-16(18(22)23-25-20-24)13-15-9-5-2-6-10-15/h1-10,16,20,25H,11-13,24H2,(H,19,21)/t16-/m1/s1. The van der Waals surface area contributed by atoms with Crippen LogP contribution in [-0.2, 0) is 27.0 Å². The zero-order valence-electron chi connectivity index (χ0n) is 13.8. The molecule has 2 N–H and O–H groups in total. The lowest BCUT2D eigenvalue weighted by atomic mass is 10.1. The van der Waals surface area contributed by atoms with Crippen LogP contribution in [0, 0.1) is 0 Å². The summed E-state index contributed by atoms with van der Waals surface area (Å²) >= 11 is 0. The maximum absolute atomic E-state index is 12.3. The molecule has 0 aliphatic rings. The van der Waals surface area contributed by atoms with Gasteiger partial charge in [-0.2, -0.15) is 0 Å². The van der Waals surface area contributed by atoms with Gasteiger partial charge in [-0.05, 0) is 17.5 Å². The topological polar surface area (TPSA) is 67.4 Å². The molecule has 0 spiro atoms. The van der Waals surface area contributed by atoms with Crippen molar-refractivity contribution in [3.8, 4) is 0 Å². The predicted octanol–water partition coefficient (Wildman–Crippen LogP) is 2.78. The van der Waals surface area contributed by atoms with Gasteiger partial charge in [0.2, 0.25) is 5.91 Å². The van der Waals surface area contributed by atoms with Crippen LogP contribution in [0.5, 0.6) is 0 Å². The minimum absolute atomic E-state index is 0.163. The van der Waals surface area contributed by atoms with E-state index in [9.17, 15) is 9.59 Å². The second-order valence-electron chi connectivity index (χ2n) is 5.46. The lowest BCUT2D eigenvalue weighted by Crippen LogP contribution is -2.42. The van der Waals surface area contributed by atoms with Crippen LogP contribution in [0.2, 0.25) is 0 Å². The van der Waals surface area contributed by atoms with E-state index in [-0.39, 0.29) is 14.9 Å². The van der Waals surface area contributed by atoms with Crippen molar-refractivity contribution < 1.29 is 14.1 Å². The molecule has 0 aromatic heterocycles. The molecule has 0 fully saturated rings. The molecule has 0 aliphatic heterocycles. The van der Waals surface area contributed by atoms with Crippen molar-refractivity contribution in [2.75, 3.05) is 0 Å². The van der Waals surface area contributed by atoms with Gasteiger partial charge in [-0.25, -0.2) is 9.65 Å². The fourth-order valence-corrected chi connectivity index (χ4v) is 2.84. The third-order valence-electron chi connectivity index (χ3n) is 3.60. The Bertz CT molecular complexity index is 669. The van der Waals surface area contributed by atoms with Crippen LogP contribution >= 0.6 is 18.3 Å². The molecule has 0 bridgehead atoms. The summed E-state index contributed by atoms with van der Waals surface area (Å²) < 4.78 is 5.13. The van der Waals surface area contributed by atoms with E-state index in [1.54, 1.807) is 0 Å². The van der Waals surface area contributed by atoms with Crippen molar-refractivity contribution in [2.45, 2.75) is 25.3 Å². The molecule has 1 amide bonds. The van der Waals surface area contributed by atoms with E-state index in [4.69, 9.17) is 4.52 Å². The zero-order valence-corrected chi connectivity index (χ0v) is 15.9. The maximum Gasteiger partial charge on any atom is 0.332 e. The van der Waals surface area contributed by atoms with Gasteiger partial charge in [0.15, 0.2) is 8.96 Å². The maximum atomic E-state index is 12.3. The van der Waals surface area contributed by atoms with Crippen molar-refractivity contribution in [3.05, 3.63) is 71.8 Å². The number of carbonyl (C=O) groups is 2. The summed E-state index contributed by atoms with van der Waals surface area (Å²) in [5.74, 6) is -0.603. The van der Waals surface area contributed by atoms with Gasteiger partial charge in [-0.3, -0.25) is 4.79 Å². The molecule has 2 rings (SSSR count). The Morgan fingerprint density at radius 2 is 1.60 bits per heavy atom. The van der Waals surface area contributed by atoms with Crippen LogP contribution in [0.3, 0.4) is 0 Å². The summed E-state index contributed by atoms with van der Waals surface area (Å²) in [4.78, 5) is 27.2. The van der Waals surface area contributed by atoms with Gasteiger partial charge in [0.25, 0.3) is 0 Å². The Hall–Kier alpha value is -1.80. The van der Waals surface area contributed by atoms with Crippen molar-refractivity contribution in [3.63, 3.8) is 0 Å². The average molecular weight is 376 g/mol. The van der Waals surface area contributed by atoms with Crippen LogP contribution in [0.4, 0.5) is 0 Å². The van der Waals surface area contributed by atoms with Gasteiger partial charge in [-0.15, -0.1) is 0 Å². The molecule has 132 valence electrons. The van der Waals surface area contributed by atoms with E-state index >= 15 is 0 Å². The van der Waals surface area contributed by atoms with Crippen LogP contribution < -0.4 is 10.2 Å². The Morgan fingerprint density at radius 1 is 1.00 bits per heavy atom. The third kappa shape index (κ3) is 7.31. The van der Waals surface area contributed by atoms with Crippen molar-refractivity contribution in [2.24, 2.45) is 0 Å². The fraction of sp³-hybridized carbons (Fsp3) is 0.222. The third-order valence-corrected chi connectivity index (χ3v) is 4.37. The van der Waals surface area contributed by atoms with Gasteiger partial charge in [0, 0.05) is 12.8 Å². The van der Waals surface area contributed by atoms with Crippen LogP contribution in [0.25, 0.3) is 0 Å². The molecule has 5 nitrogen and oxygen atoms in total. The number of benzene rings is 2. The smallest absolute Gasteiger partial charge is 0.332 e. The average Bonchev–Trinajstić information content (AvgIpc) is 2.65. The lowest BCUT2D eigenvalue weighted by molar-refractivity contribution is -0.138. The summed E-state index contributed by atoms with van der Waals surface area (Å²) in [5, 5.41) is 2.80. The molecule has 0 saturated heterocycles.